The fraction of sp³-hybridized carbons (Fsp3) is 0.125. The molecule has 1 aromatic heterocycles. The maximum Gasteiger partial charge on any atom is 0.232 e. The topological polar surface area (TPSA) is 54.1 Å². The molecular formula is C24H20N2O2. The number of fused-ring (bicyclic) bond motifs is 3. The number of carbonyl (C=O) groups is 1. The molecule has 0 spiro atoms. The fourth-order valence-electron chi connectivity index (χ4n) is 3.95. The Bertz CT molecular complexity index is 1120. The highest BCUT2D eigenvalue weighted by atomic mass is 16.5. The van der Waals surface area contributed by atoms with Gasteiger partial charge in [-0.05, 0) is 30.2 Å². The molecule has 0 radical (unpaired) electrons. The van der Waals surface area contributed by atoms with E-state index in [0.29, 0.717) is 6.54 Å². The zero-order chi connectivity index (χ0) is 18.9. The van der Waals surface area contributed by atoms with Crippen molar-refractivity contribution in [3.8, 4) is 11.5 Å². The predicted octanol–water partition coefficient (Wildman–Crippen LogP) is 4.76. The average molecular weight is 368 g/mol. The Morgan fingerprint density at radius 2 is 1.54 bits per heavy atom. The van der Waals surface area contributed by atoms with E-state index in [2.05, 4.69) is 22.4 Å². The van der Waals surface area contributed by atoms with Crippen LogP contribution in [0.2, 0.25) is 0 Å². The second kappa shape index (κ2) is 6.89. The van der Waals surface area contributed by atoms with Gasteiger partial charge in [0.25, 0.3) is 0 Å². The second-order valence-corrected chi connectivity index (χ2v) is 7.01. The van der Waals surface area contributed by atoms with E-state index in [4.69, 9.17) is 4.74 Å². The Morgan fingerprint density at radius 1 is 0.893 bits per heavy atom. The van der Waals surface area contributed by atoms with Crippen molar-refractivity contribution >= 4 is 16.8 Å². The molecule has 1 aliphatic heterocycles. The van der Waals surface area contributed by atoms with Crippen molar-refractivity contribution in [2.24, 2.45) is 0 Å². The van der Waals surface area contributed by atoms with Gasteiger partial charge in [-0.3, -0.25) is 4.79 Å². The molecule has 1 amide bonds. The van der Waals surface area contributed by atoms with Crippen LogP contribution < -0.4 is 10.1 Å². The molecular weight excluding hydrogens is 348 g/mol. The number of benzene rings is 3. The monoisotopic (exact) mass is 368 g/mol. The molecule has 3 aromatic carbocycles. The van der Waals surface area contributed by atoms with Crippen LogP contribution in [-0.2, 0) is 11.2 Å². The predicted molar refractivity (Wildman–Crippen MR) is 110 cm³/mol. The number of carbonyl (C=O) groups excluding carboxylic acids is 1. The Labute approximate surface area is 163 Å². The number of aromatic nitrogens is 1. The Morgan fingerprint density at radius 3 is 2.29 bits per heavy atom. The molecule has 0 atom stereocenters. The minimum Gasteiger partial charge on any atom is -0.457 e. The van der Waals surface area contributed by atoms with Crippen LogP contribution in [0, 0.1) is 0 Å². The third-order valence-corrected chi connectivity index (χ3v) is 5.31. The quantitative estimate of drug-likeness (QED) is 0.545. The Balaban J connectivity index is 1.37. The van der Waals surface area contributed by atoms with E-state index in [0.717, 1.165) is 34.6 Å². The number of aromatic amines is 1. The molecule has 138 valence electrons. The number of rotatable bonds is 4. The number of hydrogen-bond acceptors (Lipinski definition) is 2. The van der Waals surface area contributed by atoms with Gasteiger partial charge in [-0.1, -0.05) is 54.6 Å². The summed E-state index contributed by atoms with van der Waals surface area (Å²) in [5, 5.41) is 4.34. The summed E-state index contributed by atoms with van der Waals surface area (Å²) in [5.74, 6) is 1.14. The summed E-state index contributed by atoms with van der Waals surface area (Å²) in [7, 11) is 0. The summed E-state index contributed by atoms with van der Waals surface area (Å²) in [6.45, 7) is 0.586. The molecule has 0 unspecified atom stereocenters. The van der Waals surface area contributed by atoms with Crippen molar-refractivity contribution in [3.63, 3.8) is 0 Å². The summed E-state index contributed by atoms with van der Waals surface area (Å²) >= 11 is 0. The SMILES string of the molecule is O=C(NCCc1c[nH]c2ccccc12)C1c2ccccc2Oc2ccccc21. The van der Waals surface area contributed by atoms with Gasteiger partial charge < -0.3 is 15.0 Å². The normalized spacial score (nSPS) is 12.9. The lowest BCUT2D eigenvalue weighted by Crippen LogP contribution is -2.33. The van der Waals surface area contributed by atoms with E-state index in [1.165, 1.54) is 10.9 Å². The zero-order valence-electron chi connectivity index (χ0n) is 15.3. The lowest BCUT2D eigenvalue weighted by molar-refractivity contribution is -0.121. The number of para-hydroxylation sites is 3. The van der Waals surface area contributed by atoms with Gasteiger partial charge in [0.1, 0.15) is 11.5 Å². The van der Waals surface area contributed by atoms with E-state index in [9.17, 15) is 4.79 Å². The highest BCUT2D eigenvalue weighted by Gasteiger charge is 2.32. The van der Waals surface area contributed by atoms with Gasteiger partial charge in [0.15, 0.2) is 0 Å². The van der Waals surface area contributed by atoms with Gasteiger partial charge in [-0.15, -0.1) is 0 Å². The maximum absolute atomic E-state index is 13.1. The third kappa shape index (κ3) is 2.83. The molecule has 2 heterocycles. The van der Waals surface area contributed by atoms with E-state index in [-0.39, 0.29) is 11.8 Å². The minimum absolute atomic E-state index is 0.00282. The molecule has 4 heteroatoms. The number of ether oxygens (including phenoxy) is 1. The summed E-state index contributed by atoms with van der Waals surface area (Å²) in [4.78, 5) is 16.4. The molecule has 5 rings (SSSR count). The molecule has 0 saturated heterocycles. The van der Waals surface area contributed by atoms with Gasteiger partial charge in [-0.25, -0.2) is 0 Å². The summed E-state index contributed by atoms with van der Waals surface area (Å²) in [6, 6.07) is 23.7. The van der Waals surface area contributed by atoms with Gasteiger partial charge in [0.05, 0.1) is 5.92 Å². The Hall–Kier alpha value is -3.53. The second-order valence-electron chi connectivity index (χ2n) is 7.01. The molecule has 0 aliphatic carbocycles. The van der Waals surface area contributed by atoms with Crippen LogP contribution in [0.15, 0.2) is 79.0 Å². The molecule has 2 N–H and O–H groups in total. The summed E-state index contributed by atoms with van der Waals surface area (Å²) < 4.78 is 5.99. The molecule has 28 heavy (non-hydrogen) atoms. The number of hydrogen-bond donors (Lipinski definition) is 2. The standard InChI is InChI=1S/C24H20N2O2/c27-24(25-14-13-16-15-26-20-10-4-1-7-17(16)20)23-18-8-2-5-11-21(18)28-22-12-6-3-9-19(22)23/h1-12,15,23,26H,13-14H2,(H,25,27). The van der Waals surface area contributed by atoms with E-state index in [1.807, 2.05) is 66.9 Å². The van der Waals surface area contributed by atoms with Crippen molar-refractivity contribution in [2.75, 3.05) is 6.54 Å². The van der Waals surface area contributed by atoms with Crippen molar-refractivity contribution in [1.82, 2.24) is 10.3 Å². The lowest BCUT2D eigenvalue weighted by atomic mass is 9.87. The molecule has 0 bridgehead atoms. The zero-order valence-corrected chi connectivity index (χ0v) is 15.3. The first-order valence-electron chi connectivity index (χ1n) is 9.49. The van der Waals surface area contributed by atoms with Gasteiger partial charge in [-0.2, -0.15) is 0 Å². The van der Waals surface area contributed by atoms with Crippen LogP contribution in [0.1, 0.15) is 22.6 Å². The highest BCUT2D eigenvalue weighted by molar-refractivity contribution is 5.89. The summed E-state index contributed by atoms with van der Waals surface area (Å²) in [5.41, 5.74) is 4.15. The molecule has 4 nitrogen and oxygen atoms in total. The first-order chi connectivity index (χ1) is 13.8. The molecule has 1 aliphatic rings. The van der Waals surface area contributed by atoms with Crippen LogP contribution in [0.25, 0.3) is 10.9 Å². The molecule has 0 fully saturated rings. The third-order valence-electron chi connectivity index (χ3n) is 5.31. The van der Waals surface area contributed by atoms with Crippen LogP contribution in [-0.4, -0.2) is 17.4 Å². The van der Waals surface area contributed by atoms with Crippen molar-refractivity contribution in [1.29, 1.82) is 0 Å². The molecule has 0 saturated carbocycles. The van der Waals surface area contributed by atoms with Crippen LogP contribution in [0.4, 0.5) is 0 Å². The Kier molecular flexibility index (Phi) is 4.09. The van der Waals surface area contributed by atoms with Gasteiger partial charge in [0.2, 0.25) is 5.91 Å². The number of H-pyrrole nitrogens is 1. The lowest BCUT2D eigenvalue weighted by Gasteiger charge is -2.27. The molecule has 4 aromatic rings. The van der Waals surface area contributed by atoms with E-state index >= 15 is 0 Å². The maximum atomic E-state index is 13.1. The van der Waals surface area contributed by atoms with Crippen molar-refractivity contribution in [3.05, 3.63) is 95.7 Å². The van der Waals surface area contributed by atoms with E-state index < -0.39 is 0 Å². The summed E-state index contributed by atoms with van der Waals surface area (Å²) in [6.07, 6.45) is 2.80. The van der Waals surface area contributed by atoms with Crippen molar-refractivity contribution < 1.29 is 9.53 Å². The van der Waals surface area contributed by atoms with Crippen LogP contribution >= 0.6 is 0 Å². The van der Waals surface area contributed by atoms with Crippen LogP contribution in [0.5, 0.6) is 11.5 Å². The largest absolute Gasteiger partial charge is 0.457 e. The fourth-order valence-corrected chi connectivity index (χ4v) is 3.95. The van der Waals surface area contributed by atoms with Gasteiger partial charge in [0, 0.05) is 34.8 Å². The van der Waals surface area contributed by atoms with Crippen LogP contribution in [0.3, 0.4) is 0 Å². The smallest absolute Gasteiger partial charge is 0.232 e. The average Bonchev–Trinajstić information content (AvgIpc) is 3.15. The number of amides is 1. The van der Waals surface area contributed by atoms with E-state index in [1.54, 1.807) is 0 Å². The van der Waals surface area contributed by atoms with Gasteiger partial charge >= 0.3 is 0 Å². The highest BCUT2D eigenvalue weighted by Crippen LogP contribution is 2.43. The first-order valence-corrected chi connectivity index (χ1v) is 9.49. The first kappa shape index (κ1) is 16.6. The van der Waals surface area contributed by atoms with Crippen molar-refractivity contribution in [2.45, 2.75) is 12.3 Å². The minimum atomic E-state index is -0.357. The number of nitrogens with one attached hydrogen (secondary N) is 2.